The molecule has 2 nitrogen and oxygen atoms in total. The number of aliphatic imine (C=N–C) groups is 1. The zero-order chi connectivity index (χ0) is 38.7. The molecular formula is C53H49NO. The van der Waals surface area contributed by atoms with E-state index in [1.807, 2.05) is 40.7 Å². The van der Waals surface area contributed by atoms with Crippen molar-refractivity contribution in [2.45, 2.75) is 41.2 Å². The Kier molecular flexibility index (Phi) is 12.5. The number of ether oxygens (including phenoxy) is 1. The third kappa shape index (κ3) is 8.05. The summed E-state index contributed by atoms with van der Waals surface area (Å²) >= 11 is 0. The highest BCUT2D eigenvalue weighted by Crippen LogP contribution is 2.45. The highest BCUT2D eigenvalue weighted by atomic mass is 16.5. The molecule has 2 heteroatoms. The number of fused-ring (bicyclic) bond motifs is 3. The van der Waals surface area contributed by atoms with Crippen molar-refractivity contribution in [3.63, 3.8) is 0 Å². The van der Waals surface area contributed by atoms with Crippen LogP contribution >= 0.6 is 0 Å². The standard InChI is InChI=1S/C49H37NO.2C2H6/c1-4-34(5-2)39-26-24-36-25-27-40(29-41(36)28-39)35-22-20-33(21-23-35)32-51-48-31-42(45-18-10-14-37-12-6-8-16-43(37)45)30-47(49(48)50-3)46-19-11-15-38-13-7-9-17-44(38)46;2*1-2/h4-31H,1,3,32H2,2H3;2*1-2H3/b34-5+;;. The molecule has 0 N–H and O–H groups in total. The van der Waals surface area contributed by atoms with Gasteiger partial charge >= 0.3 is 0 Å². The first kappa shape index (κ1) is 38.2. The maximum absolute atomic E-state index is 6.68. The molecule has 272 valence electrons. The molecule has 0 saturated heterocycles. The van der Waals surface area contributed by atoms with Gasteiger partial charge in [0.25, 0.3) is 0 Å². The molecule has 0 aliphatic carbocycles. The van der Waals surface area contributed by atoms with Gasteiger partial charge < -0.3 is 4.74 Å². The number of benzene rings is 8. The smallest absolute Gasteiger partial charge is 0.146 e. The van der Waals surface area contributed by atoms with Crippen LogP contribution in [0.4, 0.5) is 5.69 Å². The Morgan fingerprint density at radius 3 is 1.80 bits per heavy atom. The summed E-state index contributed by atoms with van der Waals surface area (Å²) in [5.41, 5.74) is 10.8. The Hall–Kier alpha value is -6.51. The second-order valence-electron chi connectivity index (χ2n) is 12.8. The summed E-state index contributed by atoms with van der Waals surface area (Å²) in [7, 11) is 0. The molecule has 0 unspecified atom stereocenters. The van der Waals surface area contributed by atoms with E-state index in [1.165, 1.54) is 38.1 Å². The molecular weight excluding hydrogens is 667 g/mol. The van der Waals surface area contributed by atoms with Crippen LogP contribution in [0.5, 0.6) is 5.75 Å². The van der Waals surface area contributed by atoms with Crippen molar-refractivity contribution >= 4 is 50.3 Å². The Bertz CT molecular complexity index is 2620. The van der Waals surface area contributed by atoms with E-state index in [4.69, 9.17) is 4.74 Å². The zero-order valence-electron chi connectivity index (χ0n) is 32.6. The summed E-state index contributed by atoms with van der Waals surface area (Å²) in [4.78, 5) is 4.59. The number of nitrogens with zero attached hydrogens (tertiary/aromatic N) is 1. The van der Waals surface area contributed by atoms with Crippen molar-refractivity contribution in [3.8, 4) is 39.1 Å². The summed E-state index contributed by atoms with van der Waals surface area (Å²) in [5, 5.41) is 7.14. The van der Waals surface area contributed by atoms with E-state index < -0.39 is 0 Å². The van der Waals surface area contributed by atoms with E-state index in [-0.39, 0.29) is 0 Å². The van der Waals surface area contributed by atoms with E-state index >= 15 is 0 Å². The maximum Gasteiger partial charge on any atom is 0.146 e. The molecule has 8 aromatic carbocycles. The Balaban J connectivity index is 0.00000125. The summed E-state index contributed by atoms with van der Waals surface area (Å²) < 4.78 is 6.68. The molecule has 55 heavy (non-hydrogen) atoms. The van der Waals surface area contributed by atoms with Gasteiger partial charge in [0.15, 0.2) is 0 Å². The van der Waals surface area contributed by atoms with Gasteiger partial charge in [0.2, 0.25) is 0 Å². The number of allylic oxidation sites excluding steroid dienone is 3. The Labute approximate surface area is 326 Å². The average molecular weight is 716 g/mol. The third-order valence-electron chi connectivity index (χ3n) is 9.80. The Morgan fingerprint density at radius 1 is 0.545 bits per heavy atom. The molecule has 0 spiro atoms. The van der Waals surface area contributed by atoms with Gasteiger partial charge in [-0.05, 0) is 115 Å². The lowest BCUT2D eigenvalue weighted by atomic mass is 9.91. The first-order valence-electron chi connectivity index (χ1n) is 19.3. The van der Waals surface area contributed by atoms with Crippen LogP contribution in [0, 0.1) is 0 Å². The van der Waals surface area contributed by atoms with Crippen LogP contribution in [0.3, 0.4) is 0 Å². The van der Waals surface area contributed by atoms with Crippen molar-refractivity contribution in [1.82, 2.24) is 0 Å². The molecule has 0 saturated carbocycles. The average Bonchev–Trinajstić information content (AvgIpc) is 3.26. The summed E-state index contributed by atoms with van der Waals surface area (Å²) in [6.45, 7) is 18.4. The SMILES string of the molecule is C=C/C(=C\C)c1ccc2ccc(-c3ccc(COc4cc(-c5cccc6ccccc56)cc(-c5cccc6ccccc56)c4N=C)cc3)cc2c1.CC.CC. The second-order valence-corrected chi connectivity index (χ2v) is 12.8. The highest BCUT2D eigenvalue weighted by molar-refractivity contribution is 6.03. The molecule has 0 atom stereocenters. The van der Waals surface area contributed by atoms with Gasteiger partial charge in [0.05, 0.1) is 0 Å². The molecule has 0 aliphatic heterocycles. The first-order valence-corrected chi connectivity index (χ1v) is 19.3. The molecule has 0 bridgehead atoms. The van der Waals surface area contributed by atoms with Crippen molar-refractivity contribution in [3.05, 3.63) is 188 Å². The minimum atomic E-state index is 0.394. The highest BCUT2D eigenvalue weighted by Gasteiger charge is 2.17. The summed E-state index contributed by atoms with van der Waals surface area (Å²) in [5.74, 6) is 0.702. The fourth-order valence-electron chi connectivity index (χ4n) is 7.14. The van der Waals surface area contributed by atoms with E-state index in [0.717, 1.165) is 50.0 Å². The largest absolute Gasteiger partial charge is 0.487 e. The van der Waals surface area contributed by atoms with Crippen molar-refractivity contribution in [2.24, 2.45) is 4.99 Å². The van der Waals surface area contributed by atoms with Crippen LogP contribution in [0.15, 0.2) is 181 Å². The Morgan fingerprint density at radius 2 is 1.15 bits per heavy atom. The zero-order valence-corrected chi connectivity index (χ0v) is 32.6. The molecule has 0 radical (unpaired) electrons. The molecule has 8 rings (SSSR count). The fourth-order valence-corrected chi connectivity index (χ4v) is 7.14. The summed E-state index contributed by atoms with van der Waals surface area (Å²) in [6, 6.07) is 56.0. The second kappa shape index (κ2) is 18.0. The van der Waals surface area contributed by atoms with Gasteiger partial charge in [-0.25, -0.2) is 0 Å². The minimum Gasteiger partial charge on any atom is -0.487 e. The topological polar surface area (TPSA) is 21.6 Å². The van der Waals surface area contributed by atoms with Gasteiger partial charge in [-0.15, -0.1) is 0 Å². The molecule has 0 fully saturated rings. The van der Waals surface area contributed by atoms with Gasteiger partial charge in [0, 0.05) is 5.56 Å². The fraction of sp³-hybridized carbons (Fsp3) is 0.113. The van der Waals surface area contributed by atoms with Crippen LogP contribution in [0.2, 0.25) is 0 Å². The van der Waals surface area contributed by atoms with E-state index in [9.17, 15) is 0 Å². The molecule has 0 aliphatic rings. The van der Waals surface area contributed by atoms with Crippen LogP contribution in [-0.4, -0.2) is 6.72 Å². The van der Waals surface area contributed by atoms with Crippen LogP contribution in [-0.2, 0) is 6.61 Å². The van der Waals surface area contributed by atoms with Crippen molar-refractivity contribution in [1.29, 1.82) is 0 Å². The predicted molar refractivity (Wildman–Crippen MR) is 242 cm³/mol. The van der Waals surface area contributed by atoms with Crippen LogP contribution in [0.25, 0.3) is 71.3 Å². The van der Waals surface area contributed by atoms with Crippen molar-refractivity contribution < 1.29 is 4.74 Å². The molecule has 0 heterocycles. The molecule has 0 aromatic heterocycles. The monoisotopic (exact) mass is 715 g/mol. The maximum atomic E-state index is 6.68. The van der Waals surface area contributed by atoms with E-state index in [0.29, 0.717) is 12.4 Å². The number of hydrogen-bond acceptors (Lipinski definition) is 2. The predicted octanol–water partition coefficient (Wildman–Crippen LogP) is 15.7. The normalized spacial score (nSPS) is 11.0. The van der Waals surface area contributed by atoms with E-state index in [2.05, 4.69) is 182 Å². The van der Waals surface area contributed by atoms with Gasteiger partial charge in [0.1, 0.15) is 18.0 Å². The quantitative estimate of drug-likeness (QED) is 0.108. The van der Waals surface area contributed by atoms with Crippen molar-refractivity contribution in [2.75, 3.05) is 0 Å². The first-order chi connectivity index (χ1) is 27.1. The lowest BCUT2D eigenvalue weighted by Crippen LogP contribution is -1.98. The molecule has 0 amide bonds. The lowest BCUT2D eigenvalue weighted by Gasteiger charge is -2.18. The summed E-state index contributed by atoms with van der Waals surface area (Å²) in [6.07, 6.45) is 4.00. The van der Waals surface area contributed by atoms with Gasteiger partial charge in [-0.2, -0.15) is 0 Å². The van der Waals surface area contributed by atoms with Crippen LogP contribution < -0.4 is 4.74 Å². The third-order valence-corrected chi connectivity index (χ3v) is 9.80. The van der Waals surface area contributed by atoms with Gasteiger partial charge in [-0.1, -0.05) is 180 Å². The number of rotatable bonds is 9. The van der Waals surface area contributed by atoms with Gasteiger partial charge in [-0.3, -0.25) is 4.99 Å². The minimum absolute atomic E-state index is 0.394. The number of hydrogen-bond donors (Lipinski definition) is 0. The van der Waals surface area contributed by atoms with E-state index in [1.54, 1.807) is 0 Å². The molecule has 8 aromatic rings. The van der Waals surface area contributed by atoms with Crippen LogP contribution in [0.1, 0.15) is 45.7 Å². The lowest BCUT2D eigenvalue weighted by molar-refractivity contribution is 0.308.